The summed E-state index contributed by atoms with van der Waals surface area (Å²) in [7, 11) is 0. The minimum absolute atomic E-state index is 1.20. The minimum Gasteiger partial charge on any atom is -0.234 e. The van der Waals surface area contributed by atoms with Crippen molar-refractivity contribution < 1.29 is 4.57 Å². The van der Waals surface area contributed by atoms with Crippen molar-refractivity contribution in [3.8, 4) is 0 Å². The molecule has 1 aromatic heterocycles. The van der Waals surface area contributed by atoms with Crippen molar-refractivity contribution in [2.45, 2.75) is 169 Å². The quantitative estimate of drug-likeness (QED) is 0.120. The zero-order valence-corrected chi connectivity index (χ0v) is 21.8. The third kappa shape index (κ3) is 14.8. The maximum atomic E-state index is 2.56. The van der Waals surface area contributed by atoms with Gasteiger partial charge < -0.3 is 0 Å². The number of imidazole rings is 1. The maximum absolute atomic E-state index is 2.56. The van der Waals surface area contributed by atoms with Crippen LogP contribution in [-0.2, 0) is 19.5 Å². The largest absolute Gasteiger partial charge is 0.256 e. The lowest BCUT2D eigenvalue weighted by atomic mass is 10.0. The van der Waals surface area contributed by atoms with E-state index in [0.717, 1.165) is 0 Å². The topological polar surface area (TPSA) is 8.81 Å². The highest BCUT2D eigenvalue weighted by Crippen LogP contribution is 2.13. The van der Waals surface area contributed by atoms with E-state index in [9.17, 15) is 0 Å². The van der Waals surface area contributed by atoms with Crippen LogP contribution in [0.4, 0.5) is 0 Å². The highest BCUT2D eigenvalue weighted by Gasteiger charge is 2.15. The van der Waals surface area contributed by atoms with Crippen molar-refractivity contribution in [2.75, 3.05) is 0 Å². The molecule has 1 rings (SSSR count). The minimum atomic E-state index is 1.20. The standard InChI is InChI=1S/C29H57N2/c1-4-7-10-11-12-13-14-15-16-17-18-19-20-21-23-26-31-28-27-30(25-9-6-3)29(31)24-22-8-5-2/h27-28H,4-26H2,1-3H3/q+1. The molecule has 0 unspecified atom stereocenters. The van der Waals surface area contributed by atoms with E-state index in [-0.39, 0.29) is 0 Å². The van der Waals surface area contributed by atoms with Crippen LogP contribution in [0, 0.1) is 0 Å². The number of hydrogen-bond acceptors (Lipinski definition) is 0. The lowest BCUT2D eigenvalue weighted by Gasteiger charge is -2.06. The Morgan fingerprint density at radius 3 is 1.52 bits per heavy atom. The van der Waals surface area contributed by atoms with Gasteiger partial charge in [0.25, 0.3) is 5.82 Å². The Kier molecular flexibility index (Phi) is 19.2. The second-order valence-corrected chi connectivity index (χ2v) is 9.86. The zero-order valence-electron chi connectivity index (χ0n) is 21.8. The van der Waals surface area contributed by atoms with Crippen LogP contribution in [0.25, 0.3) is 0 Å². The Morgan fingerprint density at radius 1 is 0.548 bits per heavy atom. The van der Waals surface area contributed by atoms with E-state index < -0.39 is 0 Å². The average molecular weight is 434 g/mol. The molecule has 2 nitrogen and oxygen atoms in total. The smallest absolute Gasteiger partial charge is 0.234 e. The fourth-order valence-corrected chi connectivity index (χ4v) is 4.71. The van der Waals surface area contributed by atoms with Gasteiger partial charge in [-0.2, -0.15) is 0 Å². The molecule has 0 radical (unpaired) electrons. The number of aryl methyl sites for hydroxylation is 2. The second-order valence-electron chi connectivity index (χ2n) is 9.86. The summed E-state index contributed by atoms with van der Waals surface area (Å²) in [4.78, 5) is 0. The van der Waals surface area contributed by atoms with E-state index in [1.165, 1.54) is 148 Å². The molecule has 1 aromatic rings. The molecule has 0 aliphatic carbocycles. The summed E-state index contributed by atoms with van der Waals surface area (Å²) in [6.45, 7) is 9.32. The number of hydrogen-bond donors (Lipinski definition) is 0. The number of aromatic nitrogens is 2. The molecule has 0 aliphatic rings. The first kappa shape index (κ1) is 28.2. The number of rotatable bonds is 23. The van der Waals surface area contributed by atoms with Crippen LogP contribution < -0.4 is 4.57 Å². The molecule has 0 aromatic carbocycles. The summed E-state index contributed by atoms with van der Waals surface area (Å²) in [6.07, 6.45) is 34.2. The van der Waals surface area contributed by atoms with Gasteiger partial charge in [0.2, 0.25) is 0 Å². The van der Waals surface area contributed by atoms with E-state index in [1.54, 1.807) is 5.82 Å². The third-order valence-corrected chi connectivity index (χ3v) is 6.85. The van der Waals surface area contributed by atoms with Crippen molar-refractivity contribution in [1.29, 1.82) is 0 Å². The monoisotopic (exact) mass is 433 g/mol. The molecule has 1 heterocycles. The SMILES string of the molecule is CCCCCCCCCCCCCCCCC[n+]1ccn(CCCC)c1CCCCC. The fourth-order valence-electron chi connectivity index (χ4n) is 4.71. The first-order valence-electron chi connectivity index (χ1n) is 14.4. The Balaban J connectivity index is 2.05. The van der Waals surface area contributed by atoms with Crippen LogP contribution in [0.5, 0.6) is 0 Å². The first-order valence-corrected chi connectivity index (χ1v) is 14.4. The molecule has 182 valence electrons. The van der Waals surface area contributed by atoms with E-state index in [2.05, 4.69) is 42.3 Å². The predicted octanol–water partition coefficient (Wildman–Crippen LogP) is 9.18. The van der Waals surface area contributed by atoms with E-state index in [1.807, 2.05) is 0 Å². The van der Waals surface area contributed by atoms with Gasteiger partial charge in [-0.1, -0.05) is 124 Å². The second kappa shape index (κ2) is 21.1. The Bertz CT molecular complexity index is 491. The third-order valence-electron chi connectivity index (χ3n) is 6.85. The summed E-state index contributed by atoms with van der Waals surface area (Å²) < 4.78 is 5.10. The molecule has 0 amide bonds. The van der Waals surface area contributed by atoms with Crippen LogP contribution >= 0.6 is 0 Å². The van der Waals surface area contributed by atoms with E-state index >= 15 is 0 Å². The van der Waals surface area contributed by atoms with E-state index in [0.29, 0.717) is 0 Å². The van der Waals surface area contributed by atoms with Gasteiger partial charge in [-0.05, 0) is 25.7 Å². The Morgan fingerprint density at radius 2 is 1.00 bits per heavy atom. The van der Waals surface area contributed by atoms with Gasteiger partial charge in [0.1, 0.15) is 12.4 Å². The fraction of sp³-hybridized carbons (Fsp3) is 0.897. The molecule has 0 fully saturated rings. The zero-order chi connectivity index (χ0) is 22.4. The van der Waals surface area contributed by atoms with Gasteiger partial charge in [0.15, 0.2) is 0 Å². The summed E-state index contributed by atoms with van der Waals surface area (Å²) in [5.41, 5.74) is 0. The van der Waals surface area contributed by atoms with Gasteiger partial charge in [0, 0.05) is 6.42 Å². The molecule has 31 heavy (non-hydrogen) atoms. The lowest BCUT2D eigenvalue weighted by Crippen LogP contribution is -2.37. The van der Waals surface area contributed by atoms with E-state index in [4.69, 9.17) is 0 Å². The van der Waals surface area contributed by atoms with Crippen molar-refractivity contribution in [3.63, 3.8) is 0 Å². The Labute approximate surface area is 196 Å². The molecule has 0 spiro atoms. The van der Waals surface area contributed by atoms with Gasteiger partial charge in [-0.25, -0.2) is 9.13 Å². The molecule has 0 atom stereocenters. The number of nitrogens with zero attached hydrogens (tertiary/aromatic N) is 2. The predicted molar refractivity (Wildman–Crippen MR) is 138 cm³/mol. The summed E-state index contributed by atoms with van der Waals surface area (Å²) in [6, 6.07) is 0. The molecular weight excluding hydrogens is 376 g/mol. The highest BCUT2D eigenvalue weighted by atomic mass is 15.1. The van der Waals surface area contributed by atoms with Crippen LogP contribution in [0.2, 0.25) is 0 Å². The Hall–Kier alpha value is -0.790. The van der Waals surface area contributed by atoms with Gasteiger partial charge >= 0.3 is 0 Å². The van der Waals surface area contributed by atoms with Crippen molar-refractivity contribution in [1.82, 2.24) is 4.57 Å². The average Bonchev–Trinajstić information content (AvgIpc) is 3.16. The van der Waals surface area contributed by atoms with Crippen LogP contribution in [0.15, 0.2) is 12.4 Å². The molecule has 0 saturated heterocycles. The van der Waals surface area contributed by atoms with Crippen LogP contribution in [0.1, 0.15) is 155 Å². The molecule has 0 aliphatic heterocycles. The lowest BCUT2D eigenvalue weighted by molar-refractivity contribution is -0.704. The normalized spacial score (nSPS) is 11.5. The van der Waals surface area contributed by atoms with Crippen molar-refractivity contribution in [2.24, 2.45) is 0 Å². The summed E-state index contributed by atoms with van der Waals surface area (Å²) >= 11 is 0. The summed E-state index contributed by atoms with van der Waals surface area (Å²) in [5.74, 6) is 1.58. The van der Waals surface area contributed by atoms with Gasteiger partial charge in [-0.3, -0.25) is 0 Å². The van der Waals surface area contributed by atoms with Crippen molar-refractivity contribution >= 4 is 0 Å². The van der Waals surface area contributed by atoms with Crippen LogP contribution in [0.3, 0.4) is 0 Å². The van der Waals surface area contributed by atoms with Crippen molar-refractivity contribution in [3.05, 3.63) is 18.2 Å². The number of unbranched alkanes of at least 4 members (excludes halogenated alkanes) is 17. The summed E-state index contributed by atoms with van der Waals surface area (Å²) in [5, 5.41) is 0. The van der Waals surface area contributed by atoms with Gasteiger partial charge in [0.05, 0.1) is 13.1 Å². The molecule has 0 N–H and O–H groups in total. The maximum Gasteiger partial charge on any atom is 0.256 e. The van der Waals surface area contributed by atoms with Crippen LogP contribution in [-0.4, -0.2) is 4.57 Å². The molecule has 2 heteroatoms. The molecular formula is C29H57N2+. The molecule has 0 saturated carbocycles. The first-order chi connectivity index (χ1) is 15.3. The molecule has 0 bridgehead atoms. The van der Waals surface area contributed by atoms with Gasteiger partial charge in [-0.15, -0.1) is 0 Å². The highest BCUT2D eigenvalue weighted by molar-refractivity contribution is 4.84.